The van der Waals surface area contributed by atoms with Crippen molar-refractivity contribution in [1.29, 1.82) is 0 Å². The number of thiazole rings is 1. The summed E-state index contributed by atoms with van der Waals surface area (Å²) in [6.07, 6.45) is 9.41. The van der Waals surface area contributed by atoms with Gasteiger partial charge in [-0.2, -0.15) is 4.98 Å². The molecule has 2 fully saturated rings. The number of hydrogen-bond acceptors (Lipinski definition) is 6. The van der Waals surface area contributed by atoms with Gasteiger partial charge in [0.1, 0.15) is 5.01 Å². The zero-order valence-electron chi connectivity index (χ0n) is 13.7. The molecule has 24 heavy (non-hydrogen) atoms. The van der Waals surface area contributed by atoms with E-state index >= 15 is 0 Å². The minimum Gasteiger partial charge on any atom is -0.339 e. The average Bonchev–Trinajstić information content (AvgIpc) is 3.12. The van der Waals surface area contributed by atoms with Crippen molar-refractivity contribution in [3.05, 3.63) is 28.3 Å². The summed E-state index contributed by atoms with van der Waals surface area (Å²) < 4.78 is 5.28. The number of carbonyl (C=O) groups excluding carboxylic acids is 1. The molecule has 2 aliphatic rings. The highest BCUT2D eigenvalue weighted by atomic mass is 32.1. The Morgan fingerprint density at radius 3 is 3.04 bits per heavy atom. The molecule has 1 aliphatic carbocycles. The highest BCUT2D eigenvalue weighted by molar-refractivity contribution is 7.09. The number of carbonyl (C=O) groups is 1. The summed E-state index contributed by atoms with van der Waals surface area (Å²) in [5.41, 5.74) is 0. The number of likely N-dealkylation sites (tertiary alicyclic amines) is 1. The first-order chi connectivity index (χ1) is 11.8. The minimum atomic E-state index is 0.163. The van der Waals surface area contributed by atoms with Crippen molar-refractivity contribution < 1.29 is 9.32 Å². The second-order valence-electron chi connectivity index (χ2n) is 6.64. The standard InChI is InChI=1S/C17H22N4O2S/c22-15(6-3-5-14-19-16(20-23-14)12-7-8-12)21-10-2-1-4-13(21)17-18-9-11-24-17/h9,11-13H,1-8,10H2. The van der Waals surface area contributed by atoms with Crippen LogP contribution in [0.2, 0.25) is 0 Å². The van der Waals surface area contributed by atoms with Gasteiger partial charge in [0.25, 0.3) is 0 Å². The molecule has 6 nitrogen and oxygen atoms in total. The van der Waals surface area contributed by atoms with E-state index in [-0.39, 0.29) is 11.9 Å². The second kappa shape index (κ2) is 7.01. The smallest absolute Gasteiger partial charge is 0.226 e. The summed E-state index contributed by atoms with van der Waals surface area (Å²) in [7, 11) is 0. The van der Waals surface area contributed by atoms with Crippen LogP contribution in [-0.2, 0) is 11.2 Å². The minimum absolute atomic E-state index is 0.163. The lowest BCUT2D eigenvalue weighted by atomic mass is 10.0. The lowest BCUT2D eigenvalue weighted by Crippen LogP contribution is -2.38. The number of aromatic nitrogens is 3. The van der Waals surface area contributed by atoms with E-state index in [1.807, 2.05) is 16.5 Å². The number of nitrogens with zero attached hydrogens (tertiary/aromatic N) is 4. The maximum atomic E-state index is 12.7. The molecule has 4 rings (SSSR count). The molecule has 3 heterocycles. The van der Waals surface area contributed by atoms with E-state index in [1.165, 1.54) is 19.3 Å². The van der Waals surface area contributed by atoms with Crippen LogP contribution in [0.1, 0.15) is 73.6 Å². The Balaban J connectivity index is 1.30. The average molecular weight is 346 g/mol. The maximum Gasteiger partial charge on any atom is 0.226 e. The van der Waals surface area contributed by atoms with Crippen LogP contribution in [0, 0.1) is 0 Å². The van der Waals surface area contributed by atoms with Crippen LogP contribution >= 0.6 is 11.3 Å². The van der Waals surface area contributed by atoms with Gasteiger partial charge in [0.05, 0.1) is 6.04 Å². The molecular formula is C17H22N4O2S. The number of piperidine rings is 1. The van der Waals surface area contributed by atoms with Crippen LogP contribution in [0.3, 0.4) is 0 Å². The highest BCUT2D eigenvalue weighted by Gasteiger charge is 2.30. The molecule has 0 N–H and O–H groups in total. The van der Waals surface area contributed by atoms with Gasteiger partial charge in [0.2, 0.25) is 11.8 Å². The van der Waals surface area contributed by atoms with Crippen LogP contribution in [0.25, 0.3) is 0 Å². The van der Waals surface area contributed by atoms with Crippen molar-refractivity contribution in [3.63, 3.8) is 0 Å². The Hall–Kier alpha value is -1.76. The van der Waals surface area contributed by atoms with Crippen LogP contribution in [0.15, 0.2) is 16.1 Å². The molecule has 7 heteroatoms. The summed E-state index contributed by atoms with van der Waals surface area (Å²) in [6, 6.07) is 0.163. The number of aryl methyl sites for hydroxylation is 1. The normalized spacial score (nSPS) is 21.2. The predicted molar refractivity (Wildman–Crippen MR) is 89.6 cm³/mol. The fraction of sp³-hybridized carbons (Fsp3) is 0.647. The van der Waals surface area contributed by atoms with Crippen molar-refractivity contribution in [2.75, 3.05) is 6.54 Å². The molecule has 2 aromatic heterocycles. The fourth-order valence-electron chi connectivity index (χ4n) is 3.30. The summed E-state index contributed by atoms with van der Waals surface area (Å²) in [6.45, 7) is 0.843. The molecular weight excluding hydrogens is 324 g/mol. The number of rotatable bonds is 6. The summed E-state index contributed by atoms with van der Waals surface area (Å²) in [5.74, 6) is 2.24. The Bertz CT molecular complexity index is 681. The van der Waals surface area contributed by atoms with E-state index in [2.05, 4.69) is 15.1 Å². The monoisotopic (exact) mass is 346 g/mol. The zero-order valence-corrected chi connectivity index (χ0v) is 14.5. The topological polar surface area (TPSA) is 72.1 Å². The predicted octanol–water partition coefficient (Wildman–Crippen LogP) is 3.48. The van der Waals surface area contributed by atoms with Gasteiger partial charge in [0, 0.05) is 36.9 Å². The third-order valence-electron chi connectivity index (χ3n) is 4.77. The first-order valence-electron chi connectivity index (χ1n) is 8.82. The molecule has 0 aromatic carbocycles. The van der Waals surface area contributed by atoms with Gasteiger partial charge in [-0.25, -0.2) is 4.98 Å². The van der Waals surface area contributed by atoms with Crippen molar-refractivity contribution in [2.24, 2.45) is 0 Å². The lowest BCUT2D eigenvalue weighted by Gasteiger charge is -2.34. The van der Waals surface area contributed by atoms with Crippen LogP contribution in [0.4, 0.5) is 0 Å². The van der Waals surface area contributed by atoms with E-state index in [4.69, 9.17) is 4.52 Å². The van der Waals surface area contributed by atoms with Crippen molar-refractivity contribution in [2.45, 2.75) is 63.3 Å². The molecule has 0 bridgehead atoms. The van der Waals surface area contributed by atoms with Gasteiger partial charge in [-0.15, -0.1) is 11.3 Å². The zero-order chi connectivity index (χ0) is 16.4. The van der Waals surface area contributed by atoms with Crippen molar-refractivity contribution in [3.8, 4) is 0 Å². The quantitative estimate of drug-likeness (QED) is 0.801. The number of hydrogen-bond donors (Lipinski definition) is 0. The summed E-state index contributed by atoms with van der Waals surface area (Å²) in [5, 5.41) is 7.07. The lowest BCUT2D eigenvalue weighted by molar-refractivity contribution is -0.135. The van der Waals surface area contributed by atoms with E-state index in [0.29, 0.717) is 24.7 Å². The van der Waals surface area contributed by atoms with Gasteiger partial charge in [-0.3, -0.25) is 4.79 Å². The Labute approximate surface area is 145 Å². The molecule has 1 atom stereocenters. The van der Waals surface area contributed by atoms with Gasteiger partial charge >= 0.3 is 0 Å². The third kappa shape index (κ3) is 3.50. The van der Waals surface area contributed by atoms with Gasteiger partial charge in [0.15, 0.2) is 5.82 Å². The van der Waals surface area contributed by atoms with Gasteiger partial charge in [-0.05, 0) is 38.5 Å². The maximum absolute atomic E-state index is 12.7. The van der Waals surface area contributed by atoms with E-state index in [0.717, 1.165) is 36.6 Å². The van der Waals surface area contributed by atoms with Crippen LogP contribution in [-0.4, -0.2) is 32.5 Å². The fourth-order valence-corrected chi connectivity index (χ4v) is 4.08. The SMILES string of the molecule is O=C(CCCc1nc(C2CC2)no1)N1CCCCC1c1nccs1. The molecule has 0 radical (unpaired) electrons. The van der Waals surface area contributed by atoms with E-state index < -0.39 is 0 Å². The molecule has 1 aliphatic heterocycles. The number of amides is 1. The van der Waals surface area contributed by atoms with Crippen LogP contribution in [0.5, 0.6) is 0 Å². The van der Waals surface area contributed by atoms with E-state index in [1.54, 1.807) is 11.3 Å². The molecule has 1 saturated heterocycles. The van der Waals surface area contributed by atoms with Crippen LogP contribution < -0.4 is 0 Å². The van der Waals surface area contributed by atoms with Gasteiger partial charge in [-0.1, -0.05) is 5.16 Å². The van der Waals surface area contributed by atoms with Crippen molar-refractivity contribution in [1.82, 2.24) is 20.0 Å². The highest BCUT2D eigenvalue weighted by Crippen LogP contribution is 2.38. The Kier molecular flexibility index (Phi) is 4.60. The molecule has 128 valence electrons. The molecule has 1 amide bonds. The van der Waals surface area contributed by atoms with Gasteiger partial charge < -0.3 is 9.42 Å². The largest absolute Gasteiger partial charge is 0.339 e. The summed E-state index contributed by atoms with van der Waals surface area (Å²) >= 11 is 1.64. The Morgan fingerprint density at radius 1 is 1.33 bits per heavy atom. The summed E-state index contributed by atoms with van der Waals surface area (Å²) in [4.78, 5) is 23.5. The molecule has 0 spiro atoms. The van der Waals surface area contributed by atoms with Crippen molar-refractivity contribution >= 4 is 17.2 Å². The first-order valence-corrected chi connectivity index (χ1v) is 9.70. The van der Waals surface area contributed by atoms with E-state index in [9.17, 15) is 4.79 Å². The molecule has 1 unspecified atom stereocenters. The first kappa shape index (κ1) is 15.7. The Morgan fingerprint density at radius 2 is 2.25 bits per heavy atom. The third-order valence-corrected chi connectivity index (χ3v) is 5.64. The second-order valence-corrected chi connectivity index (χ2v) is 7.57. The molecule has 1 saturated carbocycles. The molecule has 2 aromatic rings.